The Morgan fingerprint density at radius 1 is 1.50 bits per heavy atom. The second-order valence-electron chi connectivity index (χ2n) is 2.82. The van der Waals surface area contributed by atoms with E-state index in [1.807, 2.05) is 0 Å². The molecule has 72 valence electrons. The molecule has 0 aromatic carbocycles. The number of rotatable bonds is 1. The summed E-state index contributed by atoms with van der Waals surface area (Å²) in [4.78, 5) is 19.2. The van der Waals surface area contributed by atoms with E-state index in [2.05, 4.69) is 20.4 Å². The fourth-order valence-electron chi connectivity index (χ4n) is 1.16. The van der Waals surface area contributed by atoms with Gasteiger partial charge in [-0.3, -0.25) is 9.48 Å². The number of hydrogen-bond donors (Lipinski definition) is 1. The van der Waals surface area contributed by atoms with E-state index in [1.165, 1.54) is 0 Å². The molecule has 0 aliphatic heterocycles. The SMILES string of the molecule is CNC(=O)c1ncc2cnn(C)c2n1. The smallest absolute Gasteiger partial charge is 0.288 e. The van der Waals surface area contributed by atoms with Crippen LogP contribution in [0, 0.1) is 0 Å². The predicted octanol–water partition coefficient (Wildman–Crippen LogP) is -0.277. The molecule has 0 unspecified atom stereocenters. The number of amides is 1. The lowest BCUT2D eigenvalue weighted by Crippen LogP contribution is -2.20. The van der Waals surface area contributed by atoms with Crippen LogP contribution >= 0.6 is 0 Å². The molecule has 0 aliphatic rings. The lowest BCUT2D eigenvalue weighted by Gasteiger charge is -1.98. The monoisotopic (exact) mass is 191 g/mol. The molecule has 2 aromatic heterocycles. The van der Waals surface area contributed by atoms with Gasteiger partial charge in [-0.05, 0) is 0 Å². The number of carbonyl (C=O) groups excluding carboxylic acids is 1. The highest BCUT2D eigenvalue weighted by molar-refractivity contribution is 5.91. The molecule has 2 heterocycles. The molecule has 6 heteroatoms. The Hall–Kier alpha value is -1.98. The maximum Gasteiger partial charge on any atom is 0.288 e. The first-order valence-corrected chi connectivity index (χ1v) is 4.09. The van der Waals surface area contributed by atoms with E-state index in [9.17, 15) is 4.79 Å². The molecular weight excluding hydrogens is 182 g/mol. The molecule has 14 heavy (non-hydrogen) atoms. The van der Waals surface area contributed by atoms with Gasteiger partial charge in [0.05, 0.1) is 11.6 Å². The zero-order valence-electron chi connectivity index (χ0n) is 7.85. The zero-order valence-corrected chi connectivity index (χ0v) is 7.85. The predicted molar refractivity (Wildman–Crippen MR) is 49.7 cm³/mol. The highest BCUT2D eigenvalue weighted by Crippen LogP contribution is 2.07. The molecule has 0 bridgehead atoms. The van der Waals surface area contributed by atoms with Gasteiger partial charge in [-0.1, -0.05) is 0 Å². The minimum absolute atomic E-state index is 0.156. The molecule has 0 saturated carbocycles. The number of fused-ring (bicyclic) bond motifs is 1. The quantitative estimate of drug-likeness (QED) is 0.673. The summed E-state index contributed by atoms with van der Waals surface area (Å²) in [6.45, 7) is 0. The van der Waals surface area contributed by atoms with Crippen molar-refractivity contribution in [1.82, 2.24) is 25.1 Å². The molecule has 0 fully saturated rings. The van der Waals surface area contributed by atoms with Crippen LogP contribution in [0.2, 0.25) is 0 Å². The molecular formula is C8H9N5O. The minimum atomic E-state index is -0.298. The average molecular weight is 191 g/mol. The van der Waals surface area contributed by atoms with Crippen LogP contribution in [0.4, 0.5) is 0 Å². The van der Waals surface area contributed by atoms with Crippen molar-refractivity contribution in [1.29, 1.82) is 0 Å². The molecule has 2 rings (SSSR count). The molecule has 2 aromatic rings. The zero-order chi connectivity index (χ0) is 10.1. The highest BCUT2D eigenvalue weighted by atomic mass is 16.2. The summed E-state index contributed by atoms with van der Waals surface area (Å²) >= 11 is 0. The van der Waals surface area contributed by atoms with E-state index in [4.69, 9.17) is 0 Å². The van der Waals surface area contributed by atoms with Gasteiger partial charge in [0.25, 0.3) is 5.91 Å². The van der Waals surface area contributed by atoms with Crippen molar-refractivity contribution in [3.05, 3.63) is 18.2 Å². The number of hydrogen-bond acceptors (Lipinski definition) is 4. The van der Waals surface area contributed by atoms with Gasteiger partial charge in [-0.2, -0.15) is 5.10 Å². The fourth-order valence-corrected chi connectivity index (χ4v) is 1.16. The molecule has 0 radical (unpaired) electrons. The van der Waals surface area contributed by atoms with E-state index in [0.29, 0.717) is 5.65 Å². The third-order valence-corrected chi connectivity index (χ3v) is 1.90. The lowest BCUT2D eigenvalue weighted by atomic mass is 10.4. The first-order valence-electron chi connectivity index (χ1n) is 4.09. The van der Waals surface area contributed by atoms with Gasteiger partial charge in [0.15, 0.2) is 5.65 Å². The van der Waals surface area contributed by atoms with E-state index in [1.54, 1.807) is 31.2 Å². The summed E-state index contributed by atoms with van der Waals surface area (Å²) in [5.41, 5.74) is 0.651. The topological polar surface area (TPSA) is 72.7 Å². The van der Waals surface area contributed by atoms with Crippen molar-refractivity contribution in [2.75, 3.05) is 7.05 Å². The Balaban J connectivity index is 2.60. The van der Waals surface area contributed by atoms with Crippen LogP contribution in [0.5, 0.6) is 0 Å². The van der Waals surface area contributed by atoms with Crippen molar-refractivity contribution < 1.29 is 4.79 Å². The summed E-state index contributed by atoms with van der Waals surface area (Å²) in [7, 11) is 3.31. The van der Waals surface area contributed by atoms with Gasteiger partial charge in [-0.15, -0.1) is 0 Å². The molecule has 0 aliphatic carbocycles. The Morgan fingerprint density at radius 3 is 3.00 bits per heavy atom. The first kappa shape index (κ1) is 8.61. The first-order chi connectivity index (χ1) is 6.72. The molecule has 0 spiro atoms. The minimum Gasteiger partial charge on any atom is -0.352 e. The van der Waals surface area contributed by atoms with Crippen molar-refractivity contribution in [2.45, 2.75) is 0 Å². The van der Waals surface area contributed by atoms with Gasteiger partial charge in [-0.25, -0.2) is 9.97 Å². The summed E-state index contributed by atoms with van der Waals surface area (Å²) in [6, 6.07) is 0. The van der Waals surface area contributed by atoms with Crippen molar-refractivity contribution >= 4 is 16.9 Å². The number of aromatic nitrogens is 4. The van der Waals surface area contributed by atoms with Gasteiger partial charge in [0.1, 0.15) is 0 Å². The van der Waals surface area contributed by atoms with E-state index in [0.717, 1.165) is 5.39 Å². The maximum absolute atomic E-state index is 11.2. The Labute approximate surface area is 80.0 Å². The third kappa shape index (κ3) is 1.20. The van der Waals surface area contributed by atoms with Crippen LogP contribution in [0.25, 0.3) is 11.0 Å². The summed E-state index contributed by atoms with van der Waals surface area (Å²) < 4.78 is 1.60. The number of nitrogens with one attached hydrogen (secondary N) is 1. The van der Waals surface area contributed by atoms with Crippen LogP contribution in [-0.4, -0.2) is 32.7 Å². The van der Waals surface area contributed by atoms with Gasteiger partial charge >= 0.3 is 0 Å². The van der Waals surface area contributed by atoms with Crippen molar-refractivity contribution in [3.63, 3.8) is 0 Å². The largest absolute Gasteiger partial charge is 0.352 e. The Kier molecular flexibility index (Phi) is 1.88. The summed E-state index contributed by atoms with van der Waals surface area (Å²) in [5.74, 6) is -0.142. The number of nitrogens with zero attached hydrogens (tertiary/aromatic N) is 4. The molecule has 0 saturated heterocycles. The third-order valence-electron chi connectivity index (χ3n) is 1.90. The van der Waals surface area contributed by atoms with Gasteiger partial charge in [0, 0.05) is 20.3 Å². The second kappa shape index (κ2) is 3.06. The molecule has 1 N–H and O–H groups in total. The standard InChI is InChI=1S/C8H9N5O/c1-9-8(14)6-10-3-5-4-11-13(2)7(5)12-6/h3-4H,1-2H3,(H,9,14). The van der Waals surface area contributed by atoms with Gasteiger partial charge < -0.3 is 5.32 Å². The maximum atomic E-state index is 11.2. The van der Waals surface area contributed by atoms with Crippen molar-refractivity contribution in [2.24, 2.45) is 7.05 Å². The Bertz CT molecular complexity index is 489. The summed E-state index contributed by atoms with van der Waals surface area (Å²) in [5, 5.41) is 7.29. The molecule has 6 nitrogen and oxygen atoms in total. The van der Waals surface area contributed by atoms with Crippen LogP contribution in [0.3, 0.4) is 0 Å². The van der Waals surface area contributed by atoms with Crippen LogP contribution < -0.4 is 5.32 Å². The van der Waals surface area contributed by atoms with Crippen LogP contribution in [-0.2, 0) is 7.05 Å². The molecule has 1 amide bonds. The van der Waals surface area contributed by atoms with Crippen LogP contribution in [0.1, 0.15) is 10.6 Å². The van der Waals surface area contributed by atoms with E-state index in [-0.39, 0.29) is 11.7 Å². The summed E-state index contributed by atoms with van der Waals surface area (Å²) in [6.07, 6.45) is 3.24. The normalized spacial score (nSPS) is 10.4. The average Bonchev–Trinajstić information content (AvgIpc) is 2.59. The van der Waals surface area contributed by atoms with Crippen molar-refractivity contribution in [3.8, 4) is 0 Å². The lowest BCUT2D eigenvalue weighted by molar-refractivity contribution is 0.0953. The number of carbonyl (C=O) groups is 1. The fraction of sp³-hybridized carbons (Fsp3) is 0.250. The van der Waals surface area contributed by atoms with Gasteiger partial charge in [0.2, 0.25) is 5.82 Å². The molecule has 0 atom stereocenters. The highest BCUT2D eigenvalue weighted by Gasteiger charge is 2.09. The second-order valence-corrected chi connectivity index (χ2v) is 2.82. The van der Waals surface area contributed by atoms with Crippen LogP contribution in [0.15, 0.2) is 12.4 Å². The Morgan fingerprint density at radius 2 is 2.29 bits per heavy atom. The van der Waals surface area contributed by atoms with E-state index >= 15 is 0 Å². The van der Waals surface area contributed by atoms with E-state index < -0.39 is 0 Å². The number of aryl methyl sites for hydroxylation is 1.